The summed E-state index contributed by atoms with van der Waals surface area (Å²) in [6.45, 7) is 2.18. The van der Waals surface area contributed by atoms with Gasteiger partial charge in [0.1, 0.15) is 12.4 Å². The predicted octanol–water partition coefficient (Wildman–Crippen LogP) is 3.52. The molecule has 27 heavy (non-hydrogen) atoms. The second-order valence-corrected chi connectivity index (χ2v) is 7.56. The third-order valence-corrected chi connectivity index (χ3v) is 5.12. The van der Waals surface area contributed by atoms with Crippen LogP contribution >= 0.6 is 0 Å². The number of sulfonamides is 1. The minimum absolute atomic E-state index is 0.00562. The number of ether oxygens (including phenoxy) is 2. The molecule has 0 fully saturated rings. The number of hydrogen-bond donors (Lipinski definition) is 1. The molecular weight excluding hydrogens is 383 g/mol. The molecule has 0 spiro atoms. The molecule has 0 aliphatic heterocycles. The first kappa shape index (κ1) is 21.2. The largest absolute Gasteiger partial charge is 0.491 e. The van der Waals surface area contributed by atoms with Crippen LogP contribution in [0.5, 0.6) is 5.75 Å². The monoisotopic (exact) mass is 403 g/mol. The first-order valence-electron chi connectivity index (χ1n) is 8.01. The fourth-order valence-electron chi connectivity index (χ4n) is 2.31. The van der Waals surface area contributed by atoms with Gasteiger partial charge in [0.05, 0.1) is 17.1 Å². The lowest BCUT2D eigenvalue weighted by molar-refractivity contribution is -0.137. The Morgan fingerprint density at radius 3 is 2.44 bits per heavy atom. The standard InChI is InChI=1S/C18H20F3NO4S/c1-13-10-16(6-7-17(13)26-9-8-25-2)27(23,24)22-12-14-4-3-5-15(11-14)18(19,20)21/h3-7,10-11,22H,8-9,12H2,1-2H3. The summed E-state index contributed by atoms with van der Waals surface area (Å²) in [6, 6.07) is 8.87. The van der Waals surface area contributed by atoms with E-state index in [0.717, 1.165) is 12.1 Å². The first-order chi connectivity index (χ1) is 12.6. The van der Waals surface area contributed by atoms with Gasteiger partial charge in [-0.15, -0.1) is 0 Å². The number of benzene rings is 2. The van der Waals surface area contributed by atoms with E-state index in [-0.39, 0.29) is 17.0 Å². The number of rotatable bonds is 8. The molecule has 0 amide bonds. The molecule has 9 heteroatoms. The molecule has 5 nitrogen and oxygen atoms in total. The van der Waals surface area contributed by atoms with E-state index in [1.807, 2.05) is 0 Å². The molecule has 0 aliphatic carbocycles. The van der Waals surface area contributed by atoms with Crippen LogP contribution < -0.4 is 9.46 Å². The molecule has 2 aromatic carbocycles. The normalized spacial score (nSPS) is 12.2. The van der Waals surface area contributed by atoms with Gasteiger partial charge in [-0.3, -0.25) is 0 Å². The van der Waals surface area contributed by atoms with Crippen LogP contribution in [0.4, 0.5) is 13.2 Å². The molecule has 0 saturated heterocycles. The van der Waals surface area contributed by atoms with Gasteiger partial charge in [-0.1, -0.05) is 18.2 Å². The van der Waals surface area contributed by atoms with Crippen LogP contribution in [0, 0.1) is 6.92 Å². The van der Waals surface area contributed by atoms with Gasteiger partial charge in [0.2, 0.25) is 10.0 Å². The smallest absolute Gasteiger partial charge is 0.416 e. The molecule has 0 atom stereocenters. The molecule has 0 radical (unpaired) electrons. The maximum atomic E-state index is 12.7. The van der Waals surface area contributed by atoms with Crippen molar-refractivity contribution in [3.8, 4) is 5.75 Å². The van der Waals surface area contributed by atoms with E-state index in [9.17, 15) is 21.6 Å². The Balaban J connectivity index is 2.09. The van der Waals surface area contributed by atoms with E-state index in [0.29, 0.717) is 24.5 Å². The van der Waals surface area contributed by atoms with Crippen LogP contribution in [-0.4, -0.2) is 28.7 Å². The van der Waals surface area contributed by atoms with Crippen molar-refractivity contribution in [3.05, 3.63) is 59.2 Å². The third kappa shape index (κ3) is 5.95. The molecule has 0 aliphatic rings. The Bertz CT molecular complexity index is 882. The average molecular weight is 403 g/mol. The number of hydrogen-bond acceptors (Lipinski definition) is 4. The zero-order valence-electron chi connectivity index (χ0n) is 14.8. The summed E-state index contributed by atoms with van der Waals surface area (Å²) in [6.07, 6.45) is -4.48. The quantitative estimate of drug-likeness (QED) is 0.685. The Morgan fingerprint density at radius 2 is 1.81 bits per heavy atom. The van der Waals surface area contributed by atoms with Crippen molar-refractivity contribution in [1.29, 1.82) is 0 Å². The van der Waals surface area contributed by atoms with Crippen LogP contribution in [0.1, 0.15) is 16.7 Å². The molecule has 2 rings (SSSR count). The lowest BCUT2D eigenvalue weighted by Crippen LogP contribution is -2.23. The fourth-order valence-corrected chi connectivity index (χ4v) is 3.41. The van der Waals surface area contributed by atoms with E-state index >= 15 is 0 Å². The van der Waals surface area contributed by atoms with Crippen LogP contribution in [0.2, 0.25) is 0 Å². The third-order valence-electron chi connectivity index (χ3n) is 3.72. The van der Waals surface area contributed by atoms with E-state index in [2.05, 4.69) is 4.72 Å². The van der Waals surface area contributed by atoms with Gasteiger partial charge in [-0.2, -0.15) is 13.2 Å². The summed E-state index contributed by atoms with van der Waals surface area (Å²) in [5, 5.41) is 0. The number of aryl methyl sites for hydroxylation is 1. The molecule has 0 saturated carbocycles. The van der Waals surface area contributed by atoms with Gasteiger partial charge in [0, 0.05) is 13.7 Å². The second kappa shape index (κ2) is 8.73. The van der Waals surface area contributed by atoms with Gasteiger partial charge in [0.25, 0.3) is 0 Å². The highest BCUT2D eigenvalue weighted by Gasteiger charge is 2.30. The average Bonchev–Trinajstić information content (AvgIpc) is 2.61. The van der Waals surface area contributed by atoms with Gasteiger partial charge < -0.3 is 9.47 Å². The summed E-state index contributed by atoms with van der Waals surface area (Å²) in [4.78, 5) is 0.00562. The van der Waals surface area contributed by atoms with Crippen molar-refractivity contribution in [1.82, 2.24) is 4.72 Å². The van der Waals surface area contributed by atoms with Crippen LogP contribution in [0.25, 0.3) is 0 Å². The molecular formula is C18H20F3NO4S. The Kier molecular flexibility index (Phi) is 6.85. The van der Waals surface area contributed by atoms with E-state index in [1.165, 1.54) is 30.3 Å². The highest BCUT2D eigenvalue weighted by molar-refractivity contribution is 7.89. The van der Waals surface area contributed by atoms with Crippen LogP contribution in [0.3, 0.4) is 0 Å². The molecule has 0 unspecified atom stereocenters. The lowest BCUT2D eigenvalue weighted by atomic mass is 10.1. The Morgan fingerprint density at radius 1 is 1.07 bits per heavy atom. The molecule has 0 heterocycles. The van der Waals surface area contributed by atoms with Gasteiger partial charge in [-0.25, -0.2) is 13.1 Å². The summed E-state index contributed by atoms with van der Waals surface area (Å²) >= 11 is 0. The summed E-state index contributed by atoms with van der Waals surface area (Å²) in [7, 11) is -2.34. The predicted molar refractivity (Wildman–Crippen MR) is 94.0 cm³/mol. The maximum absolute atomic E-state index is 12.7. The van der Waals surface area contributed by atoms with Crippen LogP contribution in [-0.2, 0) is 27.5 Å². The number of alkyl halides is 3. The maximum Gasteiger partial charge on any atom is 0.416 e. The molecule has 0 bridgehead atoms. The Hall–Kier alpha value is -2.10. The summed E-state index contributed by atoms with van der Waals surface area (Å²) in [5.74, 6) is 0.531. The minimum atomic E-state index is -4.48. The minimum Gasteiger partial charge on any atom is -0.491 e. The molecule has 2 aromatic rings. The topological polar surface area (TPSA) is 64.6 Å². The second-order valence-electron chi connectivity index (χ2n) is 5.79. The highest BCUT2D eigenvalue weighted by atomic mass is 32.2. The molecule has 0 aromatic heterocycles. The summed E-state index contributed by atoms with van der Waals surface area (Å²) < 4.78 is 75.7. The lowest BCUT2D eigenvalue weighted by Gasteiger charge is -2.12. The van der Waals surface area contributed by atoms with Crippen LogP contribution in [0.15, 0.2) is 47.4 Å². The van der Waals surface area contributed by atoms with Crippen molar-refractivity contribution >= 4 is 10.0 Å². The van der Waals surface area contributed by atoms with Crippen molar-refractivity contribution in [2.24, 2.45) is 0 Å². The van der Waals surface area contributed by atoms with E-state index in [4.69, 9.17) is 9.47 Å². The SMILES string of the molecule is COCCOc1ccc(S(=O)(=O)NCc2cccc(C(F)(F)F)c2)cc1C. The zero-order chi connectivity index (χ0) is 20.1. The van der Waals surface area contributed by atoms with E-state index in [1.54, 1.807) is 14.0 Å². The van der Waals surface area contributed by atoms with Crippen molar-refractivity contribution in [2.75, 3.05) is 20.3 Å². The molecule has 148 valence electrons. The number of halogens is 3. The van der Waals surface area contributed by atoms with Crippen molar-refractivity contribution < 1.29 is 31.1 Å². The Labute approximate surface area is 156 Å². The van der Waals surface area contributed by atoms with E-state index < -0.39 is 21.8 Å². The van der Waals surface area contributed by atoms with Crippen molar-refractivity contribution in [2.45, 2.75) is 24.5 Å². The van der Waals surface area contributed by atoms with Gasteiger partial charge in [0.15, 0.2) is 0 Å². The number of nitrogens with one attached hydrogen (secondary N) is 1. The van der Waals surface area contributed by atoms with Crippen molar-refractivity contribution in [3.63, 3.8) is 0 Å². The molecule has 1 N–H and O–H groups in total. The number of methoxy groups -OCH3 is 1. The first-order valence-corrected chi connectivity index (χ1v) is 9.50. The van der Waals surface area contributed by atoms with Gasteiger partial charge >= 0.3 is 6.18 Å². The fraction of sp³-hybridized carbons (Fsp3) is 0.333. The summed E-state index contributed by atoms with van der Waals surface area (Å²) in [5.41, 5.74) is 0.00490. The zero-order valence-corrected chi connectivity index (χ0v) is 15.7. The van der Waals surface area contributed by atoms with Gasteiger partial charge in [-0.05, 0) is 42.3 Å². The highest BCUT2D eigenvalue weighted by Crippen LogP contribution is 2.29.